The SMILES string of the molecule is CN(C(=O)CCc1cccc(F)c1Cl)[C@H](COC(=O)Nc1cc2cc(F)ccc2cn1)CC(F)CN. The van der Waals surface area contributed by atoms with Crippen molar-refractivity contribution in [2.45, 2.75) is 31.5 Å². The van der Waals surface area contributed by atoms with Gasteiger partial charge in [0.05, 0.1) is 11.1 Å². The minimum Gasteiger partial charge on any atom is -0.447 e. The molecule has 2 atom stereocenters. The quantitative estimate of drug-likeness (QED) is 0.396. The first-order valence-electron chi connectivity index (χ1n) is 11.2. The Bertz CT molecular complexity index is 1230. The van der Waals surface area contributed by atoms with Crippen molar-refractivity contribution in [2.24, 2.45) is 5.73 Å². The summed E-state index contributed by atoms with van der Waals surface area (Å²) in [6, 6.07) is 9.17. The summed E-state index contributed by atoms with van der Waals surface area (Å²) in [7, 11) is 1.46. The predicted molar refractivity (Wildman–Crippen MR) is 132 cm³/mol. The van der Waals surface area contributed by atoms with E-state index in [4.69, 9.17) is 22.1 Å². The third kappa shape index (κ3) is 7.32. The number of nitrogens with zero attached hydrogens (tertiary/aromatic N) is 2. The molecule has 11 heteroatoms. The smallest absolute Gasteiger partial charge is 0.412 e. The number of hydrogen-bond acceptors (Lipinski definition) is 5. The van der Waals surface area contributed by atoms with Gasteiger partial charge in [-0.25, -0.2) is 22.9 Å². The zero-order chi connectivity index (χ0) is 26.2. The van der Waals surface area contributed by atoms with Gasteiger partial charge < -0.3 is 15.4 Å². The standard InChI is InChI=1S/C25H26ClF3N4O3/c1-33(23(34)8-6-15-3-2-4-21(29)24(15)26)20(11-19(28)12-30)14-36-25(35)32-22-10-17-9-18(27)7-5-16(17)13-31-22/h2-5,7,9-10,13,19-20H,6,8,11-12,14,30H2,1H3,(H,31,32,35)/t19?,20-/m0/s1. The highest BCUT2D eigenvalue weighted by atomic mass is 35.5. The van der Waals surface area contributed by atoms with E-state index in [0.29, 0.717) is 16.3 Å². The number of rotatable bonds is 10. The van der Waals surface area contributed by atoms with E-state index in [0.717, 1.165) is 0 Å². The zero-order valence-corrected chi connectivity index (χ0v) is 20.3. The third-order valence-corrected chi connectivity index (χ3v) is 6.11. The molecular formula is C25H26ClF3N4O3. The number of nitrogens with two attached hydrogens (primary N) is 1. The van der Waals surface area contributed by atoms with Gasteiger partial charge in [0.25, 0.3) is 0 Å². The maximum absolute atomic E-state index is 14.1. The Morgan fingerprint density at radius 2 is 1.97 bits per heavy atom. The number of aryl methyl sites for hydroxylation is 1. The fourth-order valence-electron chi connectivity index (χ4n) is 3.59. The number of halogens is 4. The fraction of sp³-hybridized carbons (Fsp3) is 0.320. The molecule has 7 nitrogen and oxygen atoms in total. The van der Waals surface area contributed by atoms with E-state index in [9.17, 15) is 22.8 Å². The van der Waals surface area contributed by atoms with Crippen molar-refractivity contribution in [1.29, 1.82) is 0 Å². The summed E-state index contributed by atoms with van der Waals surface area (Å²) < 4.78 is 46.4. The largest absolute Gasteiger partial charge is 0.447 e. The van der Waals surface area contributed by atoms with Gasteiger partial charge in [-0.05, 0) is 47.7 Å². The molecule has 0 bridgehead atoms. The highest BCUT2D eigenvalue weighted by molar-refractivity contribution is 6.31. The molecule has 1 aromatic heterocycles. The van der Waals surface area contributed by atoms with Crippen molar-refractivity contribution >= 4 is 40.2 Å². The lowest BCUT2D eigenvalue weighted by molar-refractivity contribution is -0.133. The molecule has 2 aromatic carbocycles. The molecule has 0 saturated heterocycles. The van der Waals surface area contributed by atoms with Crippen LogP contribution in [-0.2, 0) is 16.0 Å². The molecule has 1 heterocycles. The Morgan fingerprint density at radius 1 is 1.19 bits per heavy atom. The number of carbonyl (C=O) groups excluding carboxylic acids is 2. The second kappa shape index (κ2) is 12.5. The molecule has 192 valence electrons. The van der Waals surface area contributed by atoms with E-state index in [-0.39, 0.29) is 49.2 Å². The third-order valence-electron chi connectivity index (χ3n) is 5.69. The van der Waals surface area contributed by atoms with Crippen molar-refractivity contribution in [1.82, 2.24) is 9.88 Å². The molecule has 0 aliphatic carbocycles. The number of hydrogen-bond donors (Lipinski definition) is 2. The Balaban J connectivity index is 1.60. The number of pyridine rings is 1. The van der Waals surface area contributed by atoms with Crippen LogP contribution >= 0.6 is 11.6 Å². The van der Waals surface area contributed by atoms with Crippen LogP contribution in [0.1, 0.15) is 18.4 Å². The van der Waals surface area contributed by atoms with Crippen LogP contribution in [0.4, 0.5) is 23.8 Å². The van der Waals surface area contributed by atoms with Gasteiger partial charge in [-0.1, -0.05) is 23.7 Å². The molecule has 2 amide bonds. The average molecular weight is 523 g/mol. The molecule has 0 saturated carbocycles. The molecule has 0 aliphatic heterocycles. The van der Waals surface area contributed by atoms with Crippen LogP contribution in [0.15, 0.2) is 48.7 Å². The summed E-state index contributed by atoms with van der Waals surface area (Å²) >= 11 is 5.95. The van der Waals surface area contributed by atoms with Crippen LogP contribution in [-0.4, -0.2) is 54.3 Å². The van der Waals surface area contributed by atoms with Gasteiger partial charge >= 0.3 is 6.09 Å². The Hall–Kier alpha value is -3.37. The maximum Gasteiger partial charge on any atom is 0.412 e. The number of likely N-dealkylation sites (N-methyl/N-ethyl adjacent to an activating group) is 1. The van der Waals surface area contributed by atoms with E-state index in [1.54, 1.807) is 12.1 Å². The summed E-state index contributed by atoms with van der Waals surface area (Å²) in [5, 5.41) is 3.60. The molecule has 0 spiro atoms. The van der Waals surface area contributed by atoms with Crippen molar-refractivity contribution in [3.05, 3.63) is 70.9 Å². The van der Waals surface area contributed by atoms with Crippen LogP contribution in [0.5, 0.6) is 0 Å². The molecule has 0 radical (unpaired) electrons. The minimum atomic E-state index is -1.42. The highest BCUT2D eigenvalue weighted by Crippen LogP contribution is 2.22. The van der Waals surface area contributed by atoms with Crippen LogP contribution in [0.3, 0.4) is 0 Å². The summed E-state index contributed by atoms with van der Waals surface area (Å²) in [6.45, 7) is -0.571. The Labute approximate surface area is 211 Å². The van der Waals surface area contributed by atoms with E-state index >= 15 is 0 Å². The first-order valence-corrected chi connectivity index (χ1v) is 11.6. The van der Waals surface area contributed by atoms with E-state index in [1.807, 2.05) is 0 Å². The molecule has 3 rings (SSSR count). The maximum atomic E-state index is 14.1. The lowest BCUT2D eigenvalue weighted by Crippen LogP contribution is -2.43. The molecule has 1 unspecified atom stereocenters. The molecule has 36 heavy (non-hydrogen) atoms. The van der Waals surface area contributed by atoms with Gasteiger partial charge in [0, 0.05) is 38.0 Å². The molecule has 3 N–H and O–H groups in total. The topological polar surface area (TPSA) is 97.5 Å². The Morgan fingerprint density at radius 3 is 2.72 bits per heavy atom. The van der Waals surface area contributed by atoms with Crippen molar-refractivity contribution in [3.63, 3.8) is 0 Å². The summed E-state index contributed by atoms with van der Waals surface area (Å²) in [6.07, 6.45) is -0.817. The first-order chi connectivity index (χ1) is 17.2. The number of anilines is 1. The number of benzene rings is 2. The second-order valence-electron chi connectivity index (χ2n) is 8.22. The summed E-state index contributed by atoms with van der Waals surface area (Å²) in [4.78, 5) is 30.4. The van der Waals surface area contributed by atoms with Crippen LogP contribution in [0.25, 0.3) is 10.8 Å². The van der Waals surface area contributed by atoms with Crippen molar-refractivity contribution in [2.75, 3.05) is 25.5 Å². The molecule has 3 aromatic rings. The van der Waals surface area contributed by atoms with Crippen LogP contribution in [0.2, 0.25) is 5.02 Å². The number of fused-ring (bicyclic) bond motifs is 1. The van der Waals surface area contributed by atoms with E-state index in [1.165, 1.54) is 48.5 Å². The predicted octanol–water partition coefficient (Wildman–Crippen LogP) is 4.86. The van der Waals surface area contributed by atoms with Gasteiger partial charge in [0.2, 0.25) is 5.91 Å². The monoisotopic (exact) mass is 522 g/mol. The van der Waals surface area contributed by atoms with Crippen LogP contribution in [0, 0.1) is 11.6 Å². The Kier molecular flexibility index (Phi) is 9.49. The number of ether oxygens (including phenoxy) is 1. The van der Waals surface area contributed by atoms with Gasteiger partial charge in [-0.3, -0.25) is 10.1 Å². The van der Waals surface area contributed by atoms with Crippen LogP contribution < -0.4 is 11.1 Å². The number of aromatic nitrogens is 1. The lowest BCUT2D eigenvalue weighted by Gasteiger charge is -2.29. The fourth-order valence-corrected chi connectivity index (χ4v) is 3.81. The van der Waals surface area contributed by atoms with Crippen molar-refractivity contribution in [3.8, 4) is 0 Å². The normalized spacial score (nSPS) is 12.7. The summed E-state index contributed by atoms with van der Waals surface area (Å²) in [5.41, 5.74) is 5.86. The second-order valence-corrected chi connectivity index (χ2v) is 8.60. The number of alkyl halides is 1. The number of carbonyl (C=O) groups is 2. The average Bonchev–Trinajstić information content (AvgIpc) is 2.86. The van der Waals surface area contributed by atoms with Gasteiger partial charge in [-0.15, -0.1) is 0 Å². The molecule has 0 fully saturated rings. The van der Waals surface area contributed by atoms with Gasteiger partial charge in [0.1, 0.15) is 30.2 Å². The first kappa shape index (κ1) is 27.2. The lowest BCUT2D eigenvalue weighted by atomic mass is 10.1. The van der Waals surface area contributed by atoms with Crippen molar-refractivity contribution < 1.29 is 27.5 Å². The van der Waals surface area contributed by atoms with E-state index in [2.05, 4.69) is 10.3 Å². The summed E-state index contributed by atoms with van der Waals surface area (Å²) in [5.74, 6) is -1.25. The molecule has 0 aliphatic rings. The molecular weight excluding hydrogens is 497 g/mol. The van der Waals surface area contributed by atoms with Gasteiger partial charge in [-0.2, -0.15) is 0 Å². The van der Waals surface area contributed by atoms with Gasteiger partial charge in [0.15, 0.2) is 0 Å². The number of amides is 2. The minimum absolute atomic E-state index is 0.0144. The zero-order valence-electron chi connectivity index (χ0n) is 19.5. The highest BCUT2D eigenvalue weighted by Gasteiger charge is 2.25. The van der Waals surface area contributed by atoms with E-state index < -0.39 is 29.9 Å². The number of nitrogens with one attached hydrogen (secondary N) is 1.